The summed E-state index contributed by atoms with van der Waals surface area (Å²) in [6.07, 6.45) is 0. The maximum absolute atomic E-state index is 9.00. The van der Waals surface area contributed by atoms with E-state index >= 15 is 0 Å². The maximum atomic E-state index is 9.00. The van der Waals surface area contributed by atoms with Crippen molar-refractivity contribution in [2.24, 2.45) is 0 Å². The fraction of sp³-hybridized carbons (Fsp3) is 0.500. The molecule has 0 spiro atoms. The predicted octanol–water partition coefficient (Wildman–Crippen LogP) is -0.567. The molecule has 0 aromatic carbocycles. The number of aliphatic carboxylic acids is 1. The van der Waals surface area contributed by atoms with Gasteiger partial charge in [0.05, 0.1) is 0 Å². The fourth-order valence-corrected chi connectivity index (χ4v) is 0. The molecule has 0 unspecified atom stereocenters. The summed E-state index contributed by atoms with van der Waals surface area (Å²) in [5.74, 6) is -0.833. The largest absolute Gasteiger partial charge is 0.481 e. The quantitative estimate of drug-likeness (QED) is 0.407. The average Bonchev–Trinajstić information content (AvgIpc) is 1.19. The van der Waals surface area contributed by atoms with Crippen LogP contribution < -0.4 is 0 Å². The summed E-state index contributed by atoms with van der Waals surface area (Å²) >= 11 is 0. The second-order valence-corrected chi connectivity index (χ2v) is 1.86. The van der Waals surface area contributed by atoms with Crippen LogP contribution in [0.3, 0.4) is 0 Å². The van der Waals surface area contributed by atoms with Gasteiger partial charge in [-0.25, -0.2) is 0 Å². The molecule has 0 aliphatic rings. The Kier molecular flexibility index (Phi) is 21.7. The van der Waals surface area contributed by atoms with E-state index in [4.69, 9.17) is 27.4 Å². The first-order valence-corrected chi connectivity index (χ1v) is 3.02. The van der Waals surface area contributed by atoms with Gasteiger partial charge in [0.25, 0.3) is 5.97 Å². The summed E-state index contributed by atoms with van der Waals surface area (Å²) in [5.41, 5.74) is 0. The van der Waals surface area contributed by atoms with E-state index in [1.54, 1.807) is 0 Å². The van der Waals surface area contributed by atoms with Crippen molar-refractivity contribution in [1.29, 1.82) is 0 Å². The number of hydrogen-bond donors (Lipinski definition) is 3. The average molecular weight is 289 g/mol. The Bertz CT molecular complexity index is 161. The van der Waals surface area contributed by atoms with Crippen LogP contribution in [0.1, 0.15) is 6.92 Å². The Hall–Kier alpha value is 0.587. The normalized spacial score (nSPS) is 7.55. The van der Waals surface area contributed by atoms with Crippen molar-refractivity contribution in [3.63, 3.8) is 0 Å². The van der Waals surface area contributed by atoms with Gasteiger partial charge in [-0.05, 0) is 0 Å². The molecule has 0 fully saturated rings. The smallest absolute Gasteiger partial charge is 0.394 e. The van der Waals surface area contributed by atoms with E-state index in [-0.39, 0.29) is 39.0 Å². The fourth-order valence-electron chi connectivity index (χ4n) is 0. The number of carboxylic acids is 1. The molecule has 0 radical (unpaired) electrons. The molecule has 0 atom stereocenters. The van der Waals surface area contributed by atoms with Crippen molar-refractivity contribution in [2.75, 3.05) is 0 Å². The summed E-state index contributed by atoms with van der Waals surface area (Å²) < 4.78 is 31.6. The molecule has 0 aromatic heterocycles. The van der Waals surface area contributed by atoms with Crippen LogP contribution in [-0.2, 0) is 54.1 Å². The summed E-state index contributed by atoms with van der Waals surface area (Å²) in [5, 5.41) is 7.42. The first-order valence-electron chi connectivity index (χ1n) is 1.63. The van der Waals surface area contributed by atoms with Crippen LogP contribution in [0, 0.1) is 0 Å². The molecule has 0 aromatic rings. The molecule has 0 amide bonds. The first-order chi connectivity index (χ1) is 3.73. The zero-order chi connectivity index (χ0) is 8.08. The second kappa shape index (κ2) is 10.6. The molecule has 0 heterocycles. The molecule has 0 saturated carbocycles. The van der Waals surface area contributed by atoms with E-state index in [9.17, 15) is 0 Å². The molecule has 11 heavy (non-hydrogen) atoms. The van der Waals surface area contributed by atoms with Crippen LogP contribution in [0.4, 0.5) is 0 Å². The van der Waals surface area contributed by atoms with Gasteiger partial charge in [0.1, 0.15) is 0 Å². The van der Waals surface area contributed by atoms with Gasteiger partial charge in [0.2, 0.25) is 0 Å². The SMILES string of the molecule is CC(=O)O.O=S(=O)(O)O.[Zn].[Zn]. The van der Waals surface area contributed by atoms with Crippen LogP contribution in [0.5, 0.6) is 0 Å². The molecule has 3 N–H and O–H groups in total. The van der Waals surface area contributed by atoms with Crippen molar-refractivity contribution in [3.8, 4) is 0 Å². The topological polar surface area (TPSA) is 112 Å². The molecule has 9 heteroatoms. The van der Waals surface area contributed by atoms with Gasteiger partial charge in [-0.3, -0.25) is 13.9 Å². The van der Waals surface area contributed by atoms with Gasteiger partial charge in [0, 0.05) is 45.9 Å². The summed E-state index contributed by atoms with van der Waals surface area (Å²) in [6.45, 7) is 1.08. The zero-order valence-electron chi connectivity index (χ0n) is 5.89. The van der Waals surface area contributed by atoms with Gasteiger partial charge >= 0.3 is 10.4 Å². The Morgan fingerprint density at radius 2 is 1.18 bits per heavy atom. The van der Waals surface area contributed by atoms with E-state index in [1.165, 1.54) is 0 Å². The Labute approximate surface area is 89.5 Å². The van der Waals surface area contributed by atoms with E-state index in [2.05, 4.69) is 0 Å². The third-order valence-electron chi connectivity index (χ3n) is 0. The number of hydrogen-bond acceptors (Lipinski definition) is 3. The van der Waals surface area contributed by atoms with Crippen molar-refractivity contribution in [1.82, 2.24) is 0 Å². The Morgan fingerprint density at radius 3 is 1.18 bits per heavy atom. The van der Waals surface area contributed by atoms with Crippen molar-refractivity contribution in [3.05, 3.63) is 0 Å². The second-order valence-electron chi connectivity index (χ2n) is 0.967. The molecule has 0 bridgehead atoms. The third kappa shape index (κ3) is 2270. The maximum Gasteiger partial charge on any atom is 0.394 e. The minimum Gasteiger partial charge on any atom is -0.481 e. The molecule has 60 valence electrons. The molecule has 0 saturated heterocycles. The summed E-state index contributed by atoms with van der Waals surface area (Å²) in [4.78, 5) is 9.00. The molecular formula is C2H6O6SZn2. The van der Waals surface area contributed by atoms with Crippen molar-refractivity contribution in [2.45, 2.75) is 6.92 Å². The number of carboxylic acid groups (broad SMARTS) is 1. The van der Waals surface area contributed by atoms with Crippen LogP contribution in [0.2, 0.25) is 0 Å². The molecule has 0 aliphatic carbocycles. The van der Waals surface area contributed by atoms with Crippen molar-refractivity contribution < 1.29 is 66.4 Å². The summed E-state index contributed by atoms with van der Waals surface area (Å²) in [6, 6.07) is 0. The molecule has 0 rings (SSSR count). The van der Waals surface area contributed by atoms with Gasteiger partial charge in [0.15, 0.2) is 0 Å². The van der Waals surface area contributed by atoms with Crippen LogP contribution in [-0.4, -0.2) is 28.6 Å². The minimum atomic E-state index is -4.67. The summed E-state index contributed by atoms with van der Waals surface area (Å²) in [7, 11) is -4.67. The number of carbonyl (C=O) groups is 1. The third-order valence-corrected chi connectivity index (χ3v) is 0. The van der Waals surface area contributed by atoms with Gasteiger partial charge in [-0.1, -0.05) is 0 Å². The predicted molar refractivity (Wildman–Crippen MR) is 27.5 cm³/mol. The minimum absolute atomic E-state index is 0. The molecular weight excluding hydrogens is 283 g/mol. The van der Waals surface area contributed by atoms with Crippen LogP contribution in [0.15, 0.2) is 0 Å². The Morgan fingerprint density at radius 1 is 1.18 bits per heavy atom. The van der Waals surface area contributed by atoms with Gasteiger partial charge in [-0.15, -0.1) is 0 Å². The van der Waals surface area contributed by atoms with Gasteiger partial charge in [-0.2, -0.15) is 8.42 Å². The molecule has 6 nitrogen and oxygen atoms in total. The van der Waals surface area contributed by atoms with Crippen molar-refractivity contribution >= 4 is 16.4 Å². The first kappa shape index (κ1) is 22.6. The molecule has 0 aliphatic heterocycles. The van der Waals surface area contributed by atoms with Crippen LogP contribution in [0.25, 0.3) is 0 Å². The van der Waals surface area contributed by atoms with Gasteiger partial charge < -0.3 is 5.11 Å². The Balaban J connectivity index is -0.0000000383. The van der Waals surface area contributed by atoms with E-state index in [1.807, 2.05) is 0 Å². The standard InChI is InChI=1S/C2H4O2.H2O4S.2Zn/c1-2(3)4;1-5(2,3)4;;/h1H3,(H,3,4);(H2,1,2,3,4);;. The van der Waals surface area contributed by atoms with E-state index in [0.717, 1.165) is 6.92 Å². The number of rotatable bonds is 0. The van der Waals surface area contributed by atoms with Crippen LogP contribution >= 0.6 is 0 Å². The zero-order valence-corrected chi connectivity index (χ0v) is 12.6. The van der Waals surface area contributed by atoms with E-state index < -0.39 is 16.4 Å². The monoisotopic (exact) mass is 286 g/mol. The van der Waals surface area contributed by atoms with E-state index in [0.29, 0.717) is 0 Å².